The fourth-order valence-electron chi connectivity index (χ4n) is 3.31. The highest BCUT2D eigenvalue weighted by Gasteiger charge is 2.31. The van der Waals surface area contributed by atoms with E-state index in [0.29, 0.717) is 13.1 Å². The van der Waals surface area contributed by atoms with Crippen LogP contribution in [0, 0.1) is 12.3 Å². The van der Waals surface area contributed by atoms with Crippen molar-refractivity contribution in [3.05, 3.63) is 24.3 Å². The fraction of sp³-hybridized carbons (Fsp3) is 0.450. The number of benzene rings is 1. The number of hydrogen-bond acceptors (Lipinski definition) is 4. The Labute approximate surface area is 158 Å². The van der Waals surface area contributed by atoms with Crippen LogP contribution in [-0.2, 0) is 9.59 Å². The highest BCUT2D eigenvalue weighted by Crippen LogP contribution is 2.29. The first kappa shape index (κ1) is 18.9. The lowest BCUT2D eigenvalue weighted by Gasteiger charge is -2.32. The lowest BCUT2D eigenvalue weighted by atomic mass is 9.95. The van der Waals surface area contributed by atoms with E-state index in [1.54, 1.807) is 0 Å². The number of imide groups is 1. The summed E-state index contributed by atoms with van der Waals surface area (Å²) in [6.07, 6.45) is 8.72. The second-order valence-corrected chi connectivity index (χ2v) is 6.86. The third kappa shape index (κ3) is 4.86. The molecule has 27 heavy (non-hydrogen) atoms. The Balaban J connectivity index is 0.000000290. The number of carbonyl (C=O) groups is 3. The van der Waals surface area contributed by atoms with Crippen LogP contribution >= 0.6 is 0 Å². The molecule has 0 aromatic carbocycles. The maximum atomic E-state index is 11.7. The van der Waals surface area contributed by atoms with E-state index in [1.165, 1.54) is 11.1 Å². The third-order valence-corrected chi connectivity index (χ3v) is 4.99. The molecule has 2 aliphatic carbocycles. The first-order valence-electron chi connectivity index (χ1n) is 9.25. The number of nitrogens with one attached hydrogen (secondary N) is 3. The van der Waals surface area contributed by atoms with Crippen LogP contribution in [-0.4, -0.2) is 54.5 Å². The number of rotatable bonds is 5. The Bertz CT molecular complexity index is 732. The average Bonchev–Trinajstić information content (AvgIpc) is 2.96. The number of amides is 4. The normalized spacial score (nSPS) is 22.6. The predicted molar refractivity (Wildman–Crippen MR) is 102 cm³/mol. The minimum atomic E-state index is -0.772. The summed E-state index contributed by atoms with van der Waals surface area (Å²) in [5, 5.41) is 7.24. The first-order valence-corrected chi connectivity index (χ1v) is 9.25. The molecule has 0 aromatic heterocycles. The van der Waals surface area contributed by atoms with Crippen molar-refractivity contribution < 1.29 is 14.4 Å². The largest absolute Gasteiger partial charge is 0.355 e. The van der Waals surface area contributed by atoms with Gasteiger partial charge in [-0.3, -0.25) is 19.8 Å². The van der Waals surface area contributed by atoms with E-state index in [-0.39, 0.29) is 18.4 Å². The molecule has 0 spiro atoms. The maximum absolute atomic E-state index is 11.7. The molecule has 0 aromatic rings. The summed E-state index contributed by atoms with van der Waals surface area (Å²) in [6, 6.07) is 7.31. The van der Waals surface area contributed by atoms with Crippen LogP contribution in [0.25, 0.3) is 11.1 Å². The highest BCUT2D eigenvalue weighted by molar-refractivity contribution is 6.05. The predicted octanol–water partition coefficient (Wildman–Crippen LogP) is 0.855. The van der Waals surface area contributed by atoms with Crippen molar-refractivity contribution in [2.24, 2.45) is 0 Å². The van der Waals surface area contributed by atoms with Crippen molar-refractivity contribution in [1.29, 1.82) is 0 Å². The van der Waals surface area contributed by atoms with Crippen LogP contribution in [0.3, 0.4) is 0 Å². The van der Waals surface area contributed by atoms with Gasteiger partial charge in [0.25, 0.3) is 5.91 Å². The minimum absolute atomic E-state index is 0.0455. The monoisotopic (exact) mass is 368 g/mol. The van der Waals surface area contributed by atoms with Crippen LogP contribution in [0.1, 0.15) is 25.7 Å². The number of nitrogens with zero attached hydrogens (tertiary/aromatic N) is 1. The van der Waals surface area contributed by atoms with Crippen molar-refractivity contribution in [3.63, 3.8) is 0 Å². The molecule has 0 bridgehead atoms. The number of carbonyl (C=O) groups excluding carboxylic acids is 3. The fourth-order valence-corrected chi connectivity index (χ4v) is 3.31. The van der Waals surface area contributed by atoms with Crippen LogP contribution in [0.15, 0.2) is 24.3 Å². The van der Waals surface area contributed by atoms with Crippen molar-refractivity contribution in [3.8, 4) is 23.5 Å². The van der Waals surface area contributed by atoms with E-state index >= 15 is 0 Å². The number of terminal acetylenes is 1. The molecule has 7 heteroatoms. The molecule has 4 rings (SSSR count). The maximum Gasteiger partial charge on any atom is 0.322 e. The second kappa shape index (κ2) is 8.69. The zero-order valence-corrected chi connectivity index (χ0v) is 15.2. The van der Waals surface area contributed by atoms with Gasteiger partial charge in [0, 0.05) is 13.1 Å². The van der Waals surface area contributed by atoms with E-state index in [1.807, 2.05) is 0 Å². The van der Waals surface area contributed by atoms with Gasteiger partial charge in [0.2, 0.25) is 5.91 Å². The van der Waals surface area contributed by atoms with Crippen molar-refractivity contribution in [1.82, 2.24) is 20.9 Å². The number of urea groups is 1. The SMILES string of the molecule is C#CC1CCCCN1CCNC(=O)CC1NC(=O)NC1=O.c1cc2ccc1-2. The number of likely N-dealkylation sites (tertiary alicyclic amines) is 1. The molecule has 4 aliphatic rings. The van der Waals surface area contributed by atoms with E-state index in [4.69, 9.17) is 6.42 Å². The molecule has 2 fully saturated rings. The van der Waals surface area contributed by atoms with E-state index in [9.17, 15) is 14.4 Å². The molecule has 0 saturated carbocycles. The van der Waals surface area contributed by atoms with E-state index in [2.05, 4.69) is 51.0 Å². The van der Waals surface area contributed by atoms with Crippen molar-refractivity contribution in [2.75, 3.05) is 19.6 Å². The minimum Gasteiger partial charge on any atom is -0.355 e. The Hall–Kier alpha value is -2.85. The number of fused-ring (bicyclic) bond motifs is 1. The summed E-state index contributed by atoms with van der Waals surface area (Å²) < 4.78 is 0. The molecular formula is C20H24N4O3. The van der Waals surface area contributed by atoms with Gasteiger partial charge in [-0.1, -0.05) is 30.2 Å². The van der Waals surface area contributed by atoms with E-state index < -0.39 is 18.0 Å². The Morgan fingerprint density at radius 1 is 1.22 bits per heavy atom. The molecule has 2 atom stereocenters. The first-order chi connectivity index (χ1) is 13.1. The van der Waals surface area contributed by atoms with Gasteiger partial charge in [0.1, 0.15) is 6.04 Å². The summed E-state index contributed by atoms with van der Waals surface area (Å²) in [5.41, 5.74) is 2.85. The summed E-state index contributed by atoms with van der Waals surface area (Å²) in [7, 11) is 0. The lowest BCUT2D eigenvalue weighted by Crippen LogP contribution is -2.44. The molecule has 142 valence electrons. The molecule has 0 radical (unpaired) electrons. The van der Waals surface area contributed by atoms with Gasteiger partial charge >= 0.3 is 6.03 Å². The van der Waals surface area contributed by atoms with Gasteiger partial charge in [-0.2, -0.15) is 0 Å². The number of piperidine rings is 1. The average molecular weight is 368 g/mol. The molecule has 2 unspecified atom stereocenters. The zero-order valence-electron chi connectivity index (χ0n) is 15.2. The van der Waals surface area contributed by atoms with Gasteiger partial charge in [-0.15, -0.1) is 6.42 Å². The topological polar surface area (TPSA) is 90.5 Å². The summed E-state index contributed by atoms with van der Waals surface area (Å²) in [6.45, 7) is 2.13. The van der Waals surface area contributed by atoms with Crippen LogP contribution in [0.5, 0.6) is 0 Å². The molecular weight excluding hydrogens is 344 g/mol. The van der Waals surface area contributed by atoms with Gasteiger partial charge < -0.3 is 10.6 Å². The smallest absolute Gasteiger partial charge is 0.322 e. The highest BCUT2D eigenvalue weighted by atomic mass is 16.2. The van der Waals surface area contributed by atoms with Crippen molar-refractivity contribution in [2.45, 2.75) is 37.8 Å². The quantitative estimate of drug-likeness (QED) is 0.539. The van der Waals surface area contributed by atoms with E-state index in [0.717, 1.165) is 25.8 Å². The lowest BCUT2D eigenvalue weighted by molar-refractivity contribution is -0.126. The molecule has 2 aliphatic heterocycles. The van der Waals surface area contributed by atoms with Gasteiger partial charge in [-0.25, -0.2) is 4.79 Å². The van der Waals surface area contributed by atoms with Gasteiger partial charge in [0.05, 0.1) is 12.5 Å². The molecule has 3 N–H and O–H groups in total. The van der Waals surface area contributed by atoms with Gasteiger partial charge in [0.15, 0.2) is 0 Å². The molecule has 2 saturated heterocycles. The van der Waals surface area contributed by atoms with Crippen LogP contribution < -0.4 is 16.0 Å². The van der Waals surface area contributed by atoms with Gasteiger partial charge in [-0.05, 0) is 36.9 Å². The Morgan fingerprint density at radius 2 is 1.93 bits per heavy atom. The molecule has 7 nitrogen and oxygen atoms in total. The number of hydrogen-bond donors (Lipinski definition) is 3. The molecule has 4 amide bonds. The van der Waals surface area contributed by atoms with Crippen molar-refractivity contribution >= 4 is 17.8 Å². The summed E-state index contributed by atoms with van der Waals surface area (Å²) in [5.74, 6) is 2.06. The summed E-state index contributed by atoms with van der Waals surface area (Å²) >= 11 is 0. The zero-order chi connectivity index (χ0) is 19.2. The molecule has 2 heterocycles. The standard InChI is InChI=1S/C14H20N4O3.C6H4/c1-2-10-5-3-4-7-18(10)8-6-15-12(19)9-11-13(20)17-14(21)16-11;1-2-6-4-3-5(1)6/h1,10-11H,3-9H2,(H,15,19)(H2,16,17,20,21);1-4H. The Kier molecular flexibility index (Phi) is 6.09. The van der Waals surface area contributed by atoms with Crippen LogP contribution in [0.2, 0.25) is 0 Å². The Morgan fingerprint density at radius 3 is 2.44 bits per heavy atom. The second-order valence-electron chi connectivity index (χ2n) is 6.86. The van der Waals surface area contributed by atoms with Crippen LogP contribution in [0.4, 0.5) is 4.79 Å². The third-order valence-electron chi connectivity index (χ3n) is 4.99. The summed E-state index contributed by atoms with van der Waals surface area (Å²) in [4.78, 5) is 36.2.